The lowest BCUT2D eigenvalue weighted by Crippen LogP contribution is -2.20. The van der Waals surface area contributed by atoms with E-state index in [9.17, 15) is 4.79 Å². The van der Waals surface area contributed by atoms with Crippen molar-refractivity contribution in [3.05, 3.63) is 29.3 Å². The van der Waals surface area contributed by atoms with Gasteiger partial charge in [0.15, 0.2) is 0 Å². The van der Waals surface area contributed by atoms with E-state index in [1.54, 1.807) is 0 Å². The molecule has 2 heteroatoms. The number of nitrogens with one attached hydrogen (secondary N) is 1. The predicted molar refractivity (Wildman–Crippen MR) is 67.2 cm³/mol. The topological polar surface area (TPSA) is 29.1 Å². The van der Waals surface area contributed by atoms with Gasteiger partial charge in [-0.05, 0) is 31.0 Å². The number of aryl methyl sites for hydroxylation is 1. The molecule has 1 aromatic rings. The van der Waals surface area contributed by atoms with Gasteiger partial charge in [-0.15, -0.1) is 12.3 Å². The van der Waals surface area contributed by atoms with Crippen LogP contribution in [0.2, 0.25) is 0 Å². The van der Waals surface area contributed by atoms with Crippen LogP contribution in [0.1, 0.15) is 24.5 Å². The Bertz CT molecular complexity index is 429. The molecule has 1 aromatic carbocycles. The van der Waals surface area contributed by atoms with E-state index in [1.807, 2.05) is 39.0 Å². The first kappa shape index (κ1) is 12.3. The van der Waals surface area contributed by atoms with Crippen molar-refractivity contribution < 1.29 is 4.79 Å². The molecule has 0 saturated carbocycles. The number of terminal acetylenes is 1. The van der Waals surface area contributed by atoms with Crippen molar-refractivity contribution in [1.82, 2.24) is 0 Å². The fourth-order valence-electron chi connectivity index (χ4n) is 1.41. The Balaban J connectivity index is 2.78. The molecule has 84 valence electrons. The van der Waals surface area contributed by atoms with E-state index < -0.39 is 0 Å². The van der Waals surface area contributed by atoms with Gasteiger partial charge in [0.05, 0.1) is 0 Å². The maximum absolute atomic E-state index is 11.8. The van der Waals surface area contributed by atoms with Crippen molar-refractivity contribution in [2.75, 3.05) is 5.32 Å². The molecule has 0 spiro atoms. The van der Waals surface area contributed by atoms with Gasteiger partial charge in [-0.2, -0.15) is 0 Å². The molecule has 1 N–H and O–H groups in total. The highest BCUT2D eigenvalue weighted by molar-refractivity contribution is 5.93. The van der Waals surface area contributed by atoms with Crippen LogP contribution in [0, 0.1) is 32.1 Å². The van der Waals surface area contributed by atoms with E-state index in [4.69, 9.17) is 6.42 Å². The zero-order valence-electron chi connectivity index (χ0n) is 10.0. The zero-order valence-corrected chi connectivity index (χ0v) is 10.0. The smallest absolute Gasteiger partial charge is 0.228 e. The molecule has 0 aliphatic rings. The maximum atomic E-state index is 11.8. The minimum Gasteiger partial charge on any atom is -0.326 e. The summed E-state index contributed by atoms with van der Waals surface area (Å²) in [7, 11) is 0. The first-order chi connectivity index (χ1) is 7.56. The molecule has 1 unspecified atom stereocenters. The lowest BCUT2D eigenvalue weighted by atomic mass is 10.1. The number of carbonyl (C=O) groups excluding carboxylic acids is 1. The normalized spacial score (nSPS) is 11.6. The van der Waals surface area contributed by atoms with Gasteiger partial charge in [-0.1, -0.05) is 19.1 Å². The summed E-state index contributed by atoms with van der Waals surface area (Å²) in [4.78, 5) is 11.8. The Morgan fingerprint density at radius 3 is 2.81 bits per heavy atom. The largest absolute Gasteiger partial charge is 0.326 e. The van der Waals surface area contributed by atoms with Crippen molar-refractivity contribution in [2.24, 2.45) is 5.92 Å². The minimum absolute atomic E-state index is 0.0216. The van der Waals surface area contributed by atoms with Crippen molar-refractivity contribution in [3.63, 3.8) is 0 Å². The van der Waals surface area contributed by atoms with E-state index >= 15 is 0 Å². The second-order valence-electron chi connectivity index (χ2n) is 4.05. The predicted octanol–water partition coefficient (Wildman–Crippen LogP) is 2.90. The Morgan fingerprint density at radius 2 is 2.19 bits per heavy atom. The average molecular weight is 215 g/mol. The Kier molecular flexibility index (Phi) is 4.13. The zero-order chi connectivity index (χ0) is 12.1. The van der Waals surface area contributed by atoms with Gasteiger partial charge in [-0.25, -0.2) is 0 Å². The lowest BCUT2D eigenvalue weighted by molar-refractivity contribution is -0.119. The molecule has 0 aliphatic carbocycles. The van der Waals surface area contributed by atoms with Crippen molar-refractivity contribution in [1.29, 1.82) is 0 Å². The average Bonchev–Trinajstić information content (AvgIpc) is 2.25. The fourth-order valence-corrected chi connectivity index (χ4v) is 1.41. The summed E-state index contributed by atoms with van der Waals surface area (Å²) >= 11 is 0. The number of hydrogen-bond acceptors (Lipinski definition) is 1. The van der Waals surface area contributed by atoms with Crippen LogP contribution in [0.5, 0.6) is 0 Å². The van der Waals surface area contributed by atoms with E-state index in [1.165, 1.54) is 5.56 Å². The molecule has 0 saturated heterocycles. The third kappa shape index (κ3) is 2.87. The van der Waals surface area contributed by atoms with E-state index in [-0.39, 0.29) is 11.8 Å². The van der Waals surface area contributed by atoms with E-state index in [2.05, 4.69) is 11.2 Å². The molecular weight excluding hydrogens is 198 g/mol. The first-order valence-electron chi connectivity index (χ1n) is 5.36. The number of hydrogen-bond donors (Lipinski definition) is 1. The van der Waals surface area contributed by atoms with Gasteiger partial charge >= 0.3 is 0 Å². The first-order valence-corrected chi connectivity index (χ1v) is 5.36. The SMILES string of the molecule is C#CCC(C)C(=O)Nc1cccc(C)c1C. The molecular formula is C14H17NO. The van der Waals surface area contributed by atoms with Crippen LogP contribution in [0.4, 0.5) is 5.69 Å². The number of rotatable bonds is 3. The molecule has 0 aliphatic heterocycles. The molecule has 1 rings (SSSR count). The van der Waals surface area contributed by atoms with Crippen LogP contribution >= 0.6 is 0 Å². The van der Waals surface area contributed by atoms with Gasteiger partial charge in [0.1, 0.15) is 0 Å². The lowest BCUT2D eigenvalue weighted by Gasteiger charge is -2.13. The number of carbonyl (C=O) groups is 1. The highest BCUT2D eigenvalue weighted by Gasteiger charge is 2.12. The number of benzene rings is 1. The van der Waals surface area contributed by atoms with Crippen molar-refractivity contribution in [2.45, 2.75) is 27.2 Å². The van der Waals surface area contributed by atoms with Crippen LogP contribution < -0.4 is 5.32 Å². The van der Waals surface area contributed by atoms with Gasteiger partial charge in [-0.3, -0.25) is 4.79 Å². The molecule has 0 radical (unpaired) electrons. The van der Waals surface area contributed by atoms with Crippen LogP contribution in [0.3, 0.4) is 0 Å². The van der Waals surface area contributed by atoms with Gasteiger partial charge in [0.25, 0.3) is 0 Å². The summed E-state index contributed by atoms with van der Waals surface area (Å²) in [5, 5.41) is 2.90. The van der Waals surface area contributed by atoms with Crippen LogP contribution in [0.15, 0.2) is 18.2 Å². The Morgan fingerprint density at radius 1 is 1.50 bits per heavy atom. The molecule has 0 fully saturated rings. The monoisotopic (exact) mass is 215 g/mol. The summed E-state index contributed by atoms with van der Waals surface area (Å²) < 4.78 is 0. The Hall–Kier alpha value is -1.75. The third-order valence-corrected chi connectivity index (χ3v) is 2.73. The fraction of sp³-hybridized carbons (Fsp3) is 0.357. The van der Waals surface area contributed by atoms with Crippen molar-refractivity contribution in [3.8, 4) is 12.3 Å². The highest BCUT2D eigenvalue weighted by Crippen LogP contribution is 2.19. The van der Waals surface area contributed by atoms with Crippen molar-refractivity contribution >= 4 is 11.6 Å². The van der Waals surface area contributed by atoms with Gasteiger partial charge in [0, 0.05) is 18.0 Å². The molecule has 0 heterocycles. The standard InChI is InChI=1S/C14H17NO/c1-5-7-11(3)14(16)15-13-9-6-8-10(2)12(13)4/h1,6,8-9,11H,7H2,2-4H3,(H,15,16). The van der Waals surface area contributed by atoms with Crippen LogP contribution in [-0.4, -0.2) is 5.91 Å². The number of amides is 1. The molecule has 1 amide bonds. The summed E-state index contributed by atoms with van der Waals surface area (Å²) in [6, 6.07) is 5.86. The van der Waals surface area contributed by atoms with Gasteiger partial charge < -0.3 is 5.32 Å². The minimum atomic E-state index is -0.148. The van der Waals surface area contributed by atoms with Crippen LogP contribution in [0.25, 0.3) is 0 Å². The molecule has 16 heavy (non-hydrogen) atoms. The molecule has 0 aromatic heterocycles. The second kappa shape index (κ2) is 5.37. The summed E-state index contributed by atoms with van der Waals surface area (Å²) in [5.41, 5.74) is 3.14. The Labute approximate surface area is 97.1 Å². The quantitative estimate of drug-likeness (QED) is 0.772. The summed E-state index contributed by atoms with van der Waals surface area (Å²) in [5.74, 6) is 2.33. The maximum Gasteiger partial charge on any atom is 0.228 e. The summed E-state index contributed by atoms with van der Waals surface area (Å²) in [6.07, 6.45) is 5.65. The second-order valence-corrected chi connectivity index (χ2v) is 4.05. The van der Waals surface area contributed by atoms with Gasteiger partial charge in [0.2, 0.25) is 5.91 Å². The molecule has 2 nitrogen and oxygen atoms in total. The van der Waals surface area contributed by atoms with E-state index in [0.717, 1.165) is 11.3 Å². The molecule has 1 atom stereocenters. The highest BCUT2D eigenvalue weighted by atomic mass is 16.1. The number of anilines is 1. The van der Waals surface area contributed by atoms with E-state index in [0.29, 0.717) is 6.42 Å². The van der Waals surface area contributed by atoms with Crippen LogP contribution in [-0.2, 0) is 4.79 Å². The molecule has 0 bridgehead atoms. The summed E-state index contributed by atoms with van der Waals surface area (Å²) in [6.45, 7) is 5.85. The third-order valence-electron chi connectivity index (χ3n) is 2.73.